The zero-order valence-electron chi connectivity index (χ0n) is 14.3. The van der Waals surface area contributed by atoms with Crippen LogP contribution in [0.2, 0.25) is 0 Å². The number of ether oxygens (including phenoxy) is 1. The minimum Gasteiger partial charge on any atom is -0.457 e. The fourth-order valence-corrected chi connectivity index (χ4v) is 2.40. The van der Waals surface area contributed by atoms with E-state index in [1.54, 1.807) is 6.92 Å². The molecule has 0 unspecified atom stereocenters. The van der Waals surface area contributed by atoms with Crippen LogP contribution >= 0.6 is 0 Å². The highest BCUT2D eigenvalue weighted by Gasteiger charge is 2.07. The maximum absolute atomic E-state index is 11.5. The summed E-state index contributed by atoms with van der Waals surface area (Å²) >= 11 is 0. The van der Waals surface area contributed by atoms with Gasteiger partial charge in [-0.1, -0.05) is 49.0 Å². The molecule has 0 amide bonds. The first-order chi connectivity index (χ1) is 11.5. The van der Waals surface area contributed by atoms with Crippen molar-refractivity contribution in [2.75, 3.05) is 0 Å². The normalized spacial score (nSPS) is 10.5. The highest BCUT2D eigenvalue weighted by molar-refractivity contribution is 5.86. The van der Waals surface area contributed by atoms with Gasteiger partial charge < -0.3 is 9.84 Å². The Morgan fingerprint density at radius 3 is 2.25 bits per heavy atom. The van der Waals surface area contributed by atoms with Gasteiger partial charge in [0.1, 0.15) is 6.61 Å². The molecule has 0 aliphatic rings. The third kappa shape index (κ3) is 5.07. The van der Waals surface area contributed by atoms with E-state index in [-0.39, 0.29) is 19.2 Å². The number of aliphatic hydroxyl groups excluding tert-OH is 1. The second kappa shape index (κ2) is 8.46. The molecule has 0 aliphatic heterocycles. The van der Waals surface area contributed by atoms with Gasteiger partial charge in [-0.05, 0) is 54.5 Å². The summed E-state index contributed by atoms with van der Waals surface area (Å²) in [5, 5.41) is 9.08. The van der Waals surface area contributed by atoms with Crippen LogP contribution in [-0.4, -0.2) is 11.1 Å². The molecule has 2 rings (SSSR count). The van der Waals surface area contributed by atoms with Crippen molar-refractivity contribution in [3.8, 4) is 0 Å². The average Bonchev–Trinajstić information content (AvgIpc) is 2.59. The number of rotatable bonds is 7. The van der Waals surface area contributed by atoms with Crippen LogP contribution in [0.1, 0.15) is 34.7 Å². The van der Waals surface area contributed by atoms with Crippen LogP contribution in [0.15, 0.2) is 54.6 Å². The van der Waals surface area contributed by atoms with Gasteiger partial charge >= 0.3 is 5.97 Å². The first kappa shape index (κ1) is 18.0. The van der Waals surface area contributed by atoms with Gasteiger partial charge in [0.05, 0.1) is 6.61 Å². The van der Waals surface area contributed by atoms with Gasteiger partial charge in [-0.25, -0.2) is 4.79 Å². The van der Waals surface area contributed by atoms with Gasteiger partial charge in [-0.3, -0.25) is 0 Å². The monoisotopic (exact) mass is 324 g/mol. The van der Waals surface area contributed by atoms with Gasteiger partial charge in [0.15, 0.2) is 0 Å². The largest absolute Gasteiger partial charge is 0.457 e. The summed E-state index contributed by atoms with van der Waals surface area (Å²) in [6, 6.07) is 14.3. The van der Waals surface area contributed by atoms with Crippen LogP contribution in [0.5, 0.6) is 0 Å². The molecular weight excluding hydrogens is 300 g/mol. The van der Waals surface area contributed by atoms with E-state index < -0.39 is 0 Å². The van der Waals surface area contributed by atoms with Gasteiger partial charge in [0, 0.05) is 5.57 Å². The van der Waals surface area contributed by atoms with Crippen molar-refractivity contribution in [2.45, 2.75) is 39.9 Å². The molecular formula is C21H24O3. The lowest BCUT2D eigenvalue weighted by Gasteiger charge is -2.10. The lowest BCUT2D eigenvalue weighted by atomic mass is 9.99. The maximum atomic E-state index is 11.5. The molecule has 24 heavy (non-hydrogen) atoms. The van der Waals surface area contributed by atoms with E-state index in [2.05, 4.69) is 36.9 Å². The predicted octanol–water partition coefficient (Wildman–Crippen LogP) is 3.89. The molecule has 3 nitrogen and oxygen atoms in total. The summed E-state index contributed by atoms with van der Waals surface area (Å²) in [4.78, 5) is 11.5. The van der Waals surface area contributed by atoms with Crippen molar-refractivity contribution in [3.05, 3.63) is 82.4 Å². The Morgan fingerprint density at radius 2 is 1.62 bits per heavy atom. The molecule has 126 valence electrons. The molecule has 3 heteroatoms. The zero-order valence-corrected chi connectivity index (χ0v) is 14.3. The number of benzene rings is 2. The second-order valence-electron chi connectivity index (χ2n) is 6.09. The molecule has 0 saturated heterocycles. The van der Waals surface area contributed by atoms with Crippen molar-refractivity contribution in [1.82, 2.24) is 0 Å². The van der Waals surface area contributed by atoms with Crippen LogP contribution < -0.4 is 0 Å². The van der Waals surface area contributed by atoms with Crippen LogP contribution in [-0.2, 0) is 35.6 Å². The molecule has 0 aliphatic carbocycles. The van der Waals surface area contributed by atoms with Crippen LogP contribution in [0.4, 0.5) is 0 Å². The molecule has 2 aromatic rings. The van der Waals surface area contributed by atoms with E-state index in [1.165, 1.54) is 11.1 Å². The third-order valence-corrected chi connectivity index (χ3v) is 4.03. The summed E-state index contributed by atoms with van der Waals surface area (Å²) in [5.74, 6) is -0.358. The quantitative estimate of drug-likeness (QED) is 0.621. The maximum Gasteiger partial charge on any atom is 0.333 e. The minimum atomic E-state index is -0.358. The number of esters is 1. The topological polar surface area (TPSA) is 46.5 Å². The van der Waals surface area contributed by atoms with Gasteiger partial charge in [-0.15, -0.1) is 0 Å². The highest BCUT2D eigenvalue weighted by atomic mass is 16.5. The van der Waals surface area contributed by atoms with Gasteiger partial charge in [0.2, 0.25) is 0 Å². The molecule has 0 atom stereocenters. The molecule has 0 fully saturated rings. The lowest BCUT2D eigenvalue weighted by molar-refractivity contribution is -0.140. The first-order valence-corrected chi connectivity index (χ1v) is 8.09. The smallest absolute Gasteiger partial charge is 0.333 e. The van der Waals surface area contributed by atoms with E-state index in [9.17, 15) is 4.79 Å². The van der Waals surface area contributed by atoms with Gasteiger partial charge in [0.25, 0.3) is 0 Å². The number of aryl methyl sites for hydroxylation is 3. The fraction of sp³-hybridized carbons (Fsp3) is 0.286. The molecule has 0 aromatic heterocycles. The minimum absolute atomic E-state index is 0.0739. The summed E-state index contributed by atoms with van der Waals surface area (Å²) in [7, 11) is 0. The third-order valence-electron chi connectivity index (χ3n) is 4.03. The number of hydrogen-bond acceptors (Lipinski definition) is 3. The van der Waals surface area contributed by atoms with Crippen molar-refractivity contribution < 1.29 is 14.6 Å². The molecule has 0 saturated carbocycles. The highest BCUT2D eigenvalue weighted by Crippen LogP contribution is 2.16. The molecule has 1 N–H and O–H groups in total. The predicted molar refractivity (Wildman–Crippen MR) is 95.6 cm³/mol. The van der Waals surface area contributed by atoms with E-state index >= 15 is 0 Å². The number of aliphatic hydroxyl groups is 1. The van der Waals surface area contributed by atoms with Gasteiger partial charge in [-0.2, -0.15) is 0 Å². The average molecular weight is 324 g/mol. The Kier molecular flexibility index (Phi) is 6.33. The fourth-order valence-electron chi connectivity index (χ4n) is 2.40. The molecule has 0 radical (unpaired) electrons. The SMILES string of the molecule is C=C(C)C(=O)OCc1cc(CCc2ccc(CO)cc2)ccc1C. The van der Waals surface area contributed by atoms with Crippen molar-refractivity contribution in [3.63, 3.8) is 0 Å². The second-order valence-corrected chi connectivity index (χ2v) is 6.09. The summed E-state index contributed by atoms with van der Waals surface area (Å²) in [5.41, 5.74) is 5.93. The van der Waals surface area contributed by atoms with Crippen molar-refractivity contribution >= 4 is 5.97 Å². The van der Waals surface area contributed by atoms with E-state index in [4.69, 9.17) is 9.84 Å². The zero-order chi connectivity index (χ0) is 17.5. The Balaban J connectivity index is 1.98. The summed E-state index contributed by atoms with van der Waals surface area (Å²) < 4.78 is 5.25. The van der Waals surface area contributed by atoms with Crippen LogP contribution in [0.3, 0.4) is 0 Å². The number of hydrogen-bond donors (Lipinski definition) is 1. The molecule has 0 bridgehead atoms. The first-order valence-electron chi connectivity index (χ1n) is 8.09. The summed E-state index contributed by atoms with van der Waals surface area (Å²) in [6.45, 7) is 7.60. The van der Waals surface area contributed by atoms with E-state index in [0.717, 1.165) is 29.5 Å². The van der Waals surface area contributed by atoms with E-state index in [1.807, 2.05) is 19.1 Å². The lowest BCUT2D eigenvalue weighted by Crippen LogP contribution is -2.06. The standard InChI is InChI=1S/C21H24O3/c1-15(2)21(23)24-14-20-12-18(5-4-16(20)3)9-6-17-7-10-19(13-22)11-8-17/h4-5,7-8,10-12,22H,1,6,9,13-14H2,2-3H3. The Labute approximate surface area is 143 Å². The van der Waals surface area contributed by atoms with Crippen molar-refractivity contribution in [1.29, 1.82) is 0 Å². The van der Waals surface area contributed by atoms with E-state index in [0.29, 0.717) is 5.57 Å². The van der Waals surface area contributed by atoms with Crippen LogP contribution in [0.25, 0.3) is 0 Å². The van der Waals surface area contributed by atoms with Crippen LogP contribution in [0, 0.1) is 6.92 Å². The molecule has 2 aromatic carbocycles. The Bertz CT molecular complexity index is 714. The Morgan fingerprint density at radius 1 is 1.04 bits per heavy atom. The molecule has 0 heterocycles. The van der Waals surface area contributed by atoms with Crippen molar-refractivity contribution in [2.24, 2.45) is 0 Å². The number of carbonyl (C=O) groups is 1. The Hall–Kier alpha value is -2.39. The summed E-state index contributed by atoms with van der Waals surface area (Å²) in [6.07, 6.45) is 1.85. The number of carbonyl (C=O) groups excluding carboxylic acids is 1. The molecule has 0 spiro atoms.